The summed E-state index contributed by atoms with van der Waals surface area (Å²) in [5, 5.41) is 0.600. The van der Waals surface area contributed by atoms with Crippen LogP contribution in [-0.2, 0) is 6.54 Å². The van der Waals surface area contributed by atoms with E-state index in [-0.39, 0.29) is 6.04 Å². The minimum absolute atomic E-state index is 0.0913. The Hall–Kier alpha value is -1.62. The van der Waals surface area contributed by atoms with Crippen molar-refractivity contribution in [2.24, 2.45) is 5.73 Å². The van der Waals surface area contributed by atoms with E-state index >= 15 is 0 Å². The van der Waals surface area contributed by atoms with Crippen LogP contribution < -0.4 is 10.5 Å². The van der Waals surface area contributed by atoms with Crippen LogP contribution in [0.2, 0.25) is 5.02 Å². The van der Waals surface area contributed by atoms with Crippen LogP contribution >= 0.6 is 11.6 Å². The third-order valence-corrected chi connectivity index (χ3v) is 3.77. The molecule has 0 aliphatic rings. The van der Waals surface area contributed by atoms with Crippen LogP contribution in [0.25, 0.3) is 0 Å². The number of nitrogens with zero attached hydrogens (tertiary/aromatic N) is 2. The lowest BCUT2D eigenvalue weighted by molar-refractivity contribution is 0.241. The van der Waals surface area contributed by atoms with E-state index in [0.717, 1.165) is 17.7 Å². The fourth-order valence-corrected chi connectivity index (χ4v) is 2.62. The van der Waals surface area contributed by atoms with E-state index in [1.54, 1.807) is 13.3 Å². The molecule has 0 saturated carbocycles. The van der Waals surface area contributed by atoms with E-state index in [2.05, 4.69) is 16.0 Å². The van der Waals surface area contributed by atoms with Crippen LogP contribution in [0.4, 0.5) is 0 Å². The molecule has 2 rings (SSSR count). The molecule has 0 aliphatic heterocycles. The molecule has 0 amide bonds. The zero-order valence-electron chi connectivity index (χ0n) is 12.3. The van der Waals surface area contributed by atoms with E-state index < -0.39 is 0 Å². The first-order valence-corrected chi connectivity index (χ1v) is 7.16. The van der Waals surface area contributed by atoms with Gasteiger partial charge in [-0.1, -0.05) is 23.7 Å². The molecular weight excluding hydrogens is 286 g/mol. The van der Waals surface area contributed by atoms with Crippen LogP contribution in [0.3, 0.4) is 0 Å². The lowest BCUT2D eigenvalue weighted by Gasteiger charge is -2.27. The maximum atomic E-state index is 6.20. The Morgan fingerprint density at radius 2 is 2.19 bits per heavy atom. The van der Waals surface area contributed by atoms with Crippen molar-refractivity contribution >= 4 is 11.6 Å². The summed E-state index contributed by atoms with van der Waals surface area (Å²) in [6.07, 6.45) is 3.64. The molecule has 0 radical (unpaired) electrons. The Labute approximate surface area is 130 Å². The van der Waals surface area contributed by atoms with E-state index in [9.17, 15) is 0 Å². The summed E-state index contributed by atoms with van der Waals surface area (Å²) in [6.45, 7) is 1.29. The molecule has 21 heavy (non-hydrogen) atoms. The van der Waals surface area contributed by atoms with Gasteiger partial charge in [0, 0.05) is 31.5 Å². The molecule has 4 nitrogen and oxygen atoms in total. The minimum atomic E-state index is 0.0913. The van der Waals surface area contributed by atoms with Crippen molar-refractivity contribution in [3.63, 3.8) is 0 Å². The van der Waals surface area contributed by atoms with Crippen molar-refractivity contribution in [1.82, 2.24) is 9.88 Å². The van der Waals surface area contributed by atoms with E-state index in [1.807, 2.05) is 37.5 Å². The molecule has 0 aliphatic carbocycles. The second-order valence-corrected chi connectivity index (χ2v) is 5.33. The highest BCUT2D eigenvalue weighted by atomic mass is 35.5. The molecule has 0 spiro atoms. The summed E-state index contributed by atoms with van der Waals surface area (Å²) in [6, 6.07) is 9.87. The van der Waals surface area contributed by atoms with Gasteiger partial charge in [0.05, 0.1) is 12.1 Å². The Morgan fingerprint density at radius 3 is 2.76 bits per heavy atom. The highest BCUT2D eigenvalue weighted by Crippen LogP contribution is 2.29. The maximum Gasteiger partial charge on any atom is 0.137 e. The minimum Gasteiger partial charge on any atom is -0.495 e. The fourth-order valence-electron chi connectivity index (χ4n) is 2.35. The first-order chi connectivity index (χ1) is 10.2. The number of hydrogen-bond donors (Lipinski definition) is 1. The van der Waals surface area contributed by atoms with Crippen molar-refractivity contribution in [3.8, 4) is 5.75 Å². The van der Waals surface area contributed by atoms with Gasteiger partial charge in [0.1, 0.15) is 5.75 Å². The molecule has 1 atom stereocenters. The molecule has 1 heterocycles. The van der Waals surface area contributed by atoms with Crippen molar-refractivity contribution < 1.29 is 4.74 Å². The first-order valence-electron chi connectivity index (χ1n) is 6.78. The molecule has 1 unspecified atom stereocenters. The molecule has 2 aromatic rings. The number of aromatic nitrogens is 1. The van der Waals surface area contributed by atoms with E-state index in [1.165, 1.54) is 0 Å². The van der Waals surface area contributed by atoms with Gasteiger partial charge in [-0.15, -0.1) is 0 Å². The predicted molar refractivity (Wildman–Crippen MR) is 85.5 cm³/mol. The summed E-state index contributed by atoms with van der Waals surface area (Å²) in [4.78, 5) is 6.33. The number of likely N-dealkylation sites (N-methyl/N-ethyl adjacent to an activating group) is 1. The van der Waals surface area contributed by atoms with Gasteiger partial charge < -0.3 is 10.5 Å². The van der Waals surface area contributed by atoms with Crippen molar-refractivity contribution in [3.05, 3.63) is 58.9 Å². The molecule has 0 fully saturated rings. The smallest absolute Gasteiger partial charge is 0.137 e. The summed E-state index contributed by atoms with van der Waals surface area (Å²) in [7, 11) is 3.65. The topological polar surface area (TPSA) is 51.4 Å². The molecule has 0 bridgehead atoms. The molecule has 5 heteroatoms. The number of halogens is 1. The van der Waals surface area contributed by atoms with Gasteiger partial charge in [-0.3, -0.25) is 9.88 Å². The second kappa shape index (κ2) is 7.41. The zero-order chi connectivity index (χ0) is 15.2. The molecule has 2 N–H and O–H groups in total. The molecule has 112 valence electrons. The largest absolute Gasteiger partial charge is 0.495 e. The number of ether oxygens (including phenoxy) is 1. The van der Waals surface area contributed by atoms with Crippen molar-refractivity contribution in [2.45, 2.75) is 12.6 Å². The van der Waals surface area contributed by atoms with Crippen LogP contribution in [0, 0.1) is 0 Å². The lowest BCUT2D eigenvalue weighted by atomic mass is 10.0. The summed E-state index contributed by atoms with van der Waals surface area (Å²) in [5.41, 5.74) is 8.18. The fraction of sp³-hybridized carbons (Fsp3) is 0.312. The number of rotatable bonds is 6. The number of nitrogens with two attached hydrogens (primary N) is 1. The highest BCUT2D eigenvalue weighted by Gasteiger charge is 2.17. The lowest BCUT2D eigenvalue weighted by Crippen LogP contribution is -2.30. The van der Waals surface area contributed by atoms with Gasteiger partial charge in [0.15, 0.2) is 0 Å². The monoisotopic (exact) mass is 305 g/mol. The van der Waals surface area contributed by atoms with Crippen LogP contribution in [-0.4, -0.2) is 30.6 Å². The van der Waals surface area contributed by atoms with Crippen LogP contribution in [0.5, 0.6) is 5.75 Å². The maximum absolute atomic E-state index is 6.20. The molecule has 1 aromatic carbocycles. The number of hydrogen-bond acceptors (Lipinski definition) is 4. The van der Waals surface area contributed by atoms with Crippen molar-refractivity contribution in [2.75, 3.05) is 20.7 Å². The van der Waals surface area contributed by atoms with Gasteiger partial charge in [-0.05, 0) is 36.4 Å². The third kappa shape index (κ3) is 3.94. The van der Waals surface area contributed by atoms with Crippen LogP contribution in [0.15, 0.2) is 42.7 Å². The summed E-state index contributed by atoms with van der Waals surface area (Å²) < 4.78 is 5.18. The van der Waals surface area contributed by atoms with Crippen molar-refractivity contribution in [1.29, 1.82) is 0 Å². The Morgan fingerprint density at radius 1 is 1.38 bits per heavy atom. The number of pyridine rings is 1. The number of methoxy groups -OCH3 is 1. The average Bonchev–Trinajstić information content (AvgIpc) is 2.49. The average molecular weight is 306 g/mol. The molecule has 1 aromatic heterocycles. The first kappa shape index (κ1) is 15.8. The number of benzene rings is 1. The van der Waals surface area contributed by atoms with Gasteiger partial charge in [0.25, 0.3) is 0 Å². The Kier molecular flexibility index (Phi) is 5.56. The van der Waals surface area contributed by atoms with Crippen LogP contribution in [0.1, 0.15) is 17.2 Å². The van der Waals surface area contributed by atoms with E-state index in [4.69, 9.17) is 22.1 Å². The van der Waals surface area contributed by atoms with Gasteiger partial charge >= 0.3 is 0 Å². The van der Waals surface area contributed by atoms with Gasteiger partial charge in [-0.2, -0.15) is 0 Å². The SMILES string of the molecule is COc1ccc(C(CN)N(C)Cc2cccnc2)cc1Cl. The summed E-state index contributed by atoms with van der Waals surface area (Å²) in [5.74, 6) is 0.672. The molecular formula is C16H20ClN3O. The highest BCUT2D eigenvalue weighted by molar-refractivity contribution is 6.32. The third-order valence-electron chi connectivity index (χ3n) is 3.47. The summed E-state index contributed by atoms with van der Waals surface area (Å²) >= 11 is 6.20. The quantitative estimate of drug-likeness (QED) is 0.891. The zero-order valence-corrected chi connectivity index (χ0v) is 13.0. The Bertz CT molecular complexity index is 577. The Balaban J connectivity index is 2.16. The molecule has 0 saturated heterocycles. The standard InChI is InChI=1S/C16H20ClN3O/c1-20(11-12-4-3-7-19-10-12)15(9-18)13-5-6-16(21-2)14(17)8-13/h3-8,10,15H,9,11,18H2,1-2H3. The van der Waals surface area contributed by atoms with Gasteiger partial charge in [-0.25, -0.2) is 0 Å². The van der Waals surface area contributed by atoms with Gasteiger partial charge in [0.2, 0.25) is 0 Å². The predicted octanol–water partition coefficient (Wildman–Crippen LogP) is 2.88. The second-order valence-electron chi connectivity index (χ2n) is 4.92. The van der Waals surface area contributed by atoms with E-state index in [0.29, 0.717) is 17.3 Å². The normalized spacial score (nSPS) is 12.4.